The molecule has 71 heavy (non-hydrogen) atoms. The van der Waals surface area contributed by atoms with Crippen molar-refractivity contribution in [3.63, 3.8) is 0 Å². The number of hydrogen-bond acceptors (Lipinski definition) is 22. The Kier molecular flexibility index (Phi) is 18.9. The lowest BCUT2D eigenvalue weighted by atomic mass is 10.1. The Balaban J connectivity index is 0.000000217. The number of rotatable bonds is 16. The molecule has 2 aromatic heterocycles. The van der Waals surface area contributed by atoms with E-state index < -0.39 is 21.4 Å². The molecule has 2 fully saturated rings. The van der Waals surface area contributed by atoms with Crippen LogP contribution in [0, 0.1) is 20.2 Å². The zero-order valence-electron chi connectivity index (χ0n) is 38.9. The van der Waals surface area contributed by atoms with Crippen LogP contribution in [0.4, 0.5) is 61.7 Å². The van der Waals surface area contributed by atoms with E-state index in [-0.39, 0.29) is 74.4 Å². The van der Waals surface area contributed by atoms with E-state index in [1.54, 1.807) is 0 Å². The number of nitrogen functional groups attached to an aromatic ring is 2. The second-order valence-electron chi connectivity index (χ2n) is 16.1. The molecule has 2 aliphatic heterocycles. The normalized spacial score (nSPS) is 13.8. The molecule has 11 N–H and O–H groups in total. The molecule has 0 aliphatic carbocycles. The molecule has 4 heterocycles. The molecule has 8 rings (SSSR count). The number of nitrogens with one attached hydrogen (secondary N) is 3. The van der Waals surface area contributed by atoms with Crippen molar-refractivity contribution in [3.8, 4) is 0 Å². The predicted molar refractivity (Wildman–Crippen MR) is 282 cm³/mol. The van der Waals surface area contributed by atoms with Crippen LogP contribution >= 0.6 is 34.3 Å². The highest BCUT2D eigenvalue weighted by atomic mass is 35.5. The van der Waals surface area contributed by atoms with E-state index in [1.165, 1.54) is 30.3 Å². The molecular formula is C46H55ClN14O8S2. The predicted octanol–water partition coefficient (Wildman–Crippen LogP) is 5.71. The Labute approximate surface area is 422 Å². The highest BCUT2D eigenvalue weighted by molar-refractivity contribution is 7.18. The first-order valence-electron chi connectivity index (χ1n) is 22.2. The minimum Gasteiger partial charge on any atom is -0.395 e. The van der Waals surface area contributed by atoms with Gasteiger partial charge in [-0.3, -0.25) is 29.8 Å². The average molecular weight is 1030 g/mol. The summed E-state index contributed by atoms with van der Waals surface area (Å²) in [6, 6.07) is 24.0. The number of carbonyl (C=O) groups is 2. The van der Waals surface area contributed by atoms with Crippen molar-refractivity contribution in [1.82, 2.24) is 19.8 Å². The van der Waals surface area contributed by atoms with E-state index in [4.69, 9.17) is 39.0 Å². The number of likely N-dealkylation sites (N-methyl/N-ethyl adjacent to an activating group) is 2. The van der Waals surface area contributed by atoms with Gasteiger partial charge in [-0.25, -0.2) is 9.97 Å². The summed E-state index contributed by atoms with van der Waals surface area (Å²) in [4.78, 5) is 65.4. The topological polar surface area (TPSA) is 314 Å². The van der Waals surface area contributed by atoms with Crippen molar-refractivity contribution in [3.05, 3.63) is 131 Å². The van der Waals surface area contributed by atoms with Crippen molar-refractivity contribution in [2.75, 3.05) is 130 Å². The minimum absolute atomic E-state index is 0.0359. The number of nitro benzene ring substituents is 2. The molecule has 2 saturated heterocycles. The van der Waals surface area contributed by atoms with Gasteiger partial charge < -0.3 is 63.0 Å². The molecule has 0 atom stereocenters. The van der Waals surface area contributed by atoms with Gasteiger partial charge in [0.15, 0.2) is 10.3 Å². The fourth-order valence-corrected chi connectivity index (χ4v) is 9.12. The van der Waals surface area contributed by atoms with Gasteiger partial charge in [-0.15, -0.1) is 0 Å². The number of nitrogens with zero attached hydrogens (tertiary/aromatic N) is 8. The van der Waals surface area contributed by atoms with Crippen LogP contribution in [0.1, 0.15) is 30.5 Å². The van der Waals surface area contributed by atoms with Crippen molar-refractivity contribution < 1.29 is 29.6 Å². The van der Waals surface area contributed by atoms with Crippen LogP contribution in [-0.4, -0.2) is 144 Å². The number of benzene rings is 4. The van der Waals surface area contributed by atoms with Crippen LogP contribution in [0.25, 0.3) is 0 Å². The Morgan fingerprint density at radius 3 is 1.46 bits per heavy atom. The van der Waals surface area contributed by atoms with Crippen molar-refractivity contribution >= 4 is 108 Å². The van der Waals surface area contributed by atoms with Crippen LogP contribution in [0.15, 0.2) is 84.9 Å². The van der Waals surface area contributed by atoms with Crippen molar-refractivity contribution in [2.45, 2.75) is 0 Å². The second-order valence-corrected chi connectivity index (χ2v) is 18.5. The maximum atomic E-state index is 13.0. The summed E-state index contributed by atoms with van der Waals surface area (Å²) >= 11 is 8.02. The fourth-order valence-electron chi connectivity index (χ4n) is 7.20. The largest absolute Gasteiger partial charge is 0.395 e. The molecule has 22 nitrogen and oxygen atoms in total. The van der Waals surface area contributed by atoms with Crippen LogP contribution < -0.4 is 43.0 Å². The van der Waals surface area contributed by atoms with Gasteiger partial charge in [0.05, 0.1) is 23.1 Å². The Hall–Kier alpha value is -7.03. The number of piperazine rings is 2. The Morgan fingerprint density at radius 2 is 1.07 bits per heavy atom. The smallest absolute Gasteiger partial charge is 0.293 e. The molecule has 0 radical (unpaired) electrons. The van der Waals surface area contributed by atoms with E-state index >= 15 is 0 Å². The quantitative estimate of drug-likeness (QED) is 0.0327. The molecule has 376 valence electrons. The van der Waals surface area contributed by atoms with Crippen molar-refractivity contribution in [2.24, 2.45) is 5.73 Å². The lowest BCUT2D eigenvalue weighted by Gasteiger charge is -2.34. The van der Waals surface area contributed by atoms with Gasteiger partial charge in [0.1, 0.15) is 32.1 Å². The van der Waals surface area contributed by atoms with Gasteiger partial charge in [0.25, 0.3) is 11.4 Å². The van der Waals surface area contributed by atoms with Gasteiger partial charge in [0, 0.05) is 111 Å². The zero-order valence-corrected chi connectivity index (χ0v) is 41.3. The number of aliphatic hydroxyl groups is 2. The maximum absolute atomic E-state index is 13.0. The van der Waals surface area contributed by atoms with E-state index in [9.17, 15) is 29.8 Å². The van der Waals surface area contributed by atoms with Crippen LogP contribution in [-0.2, 0) is 0 Å². The molecule has 4 aromatic carbocycles. The van der Waals surface area contributed by atoms with Crippen molar-refractivity contribution in [1.29, 1.82) is 0 Å². The lowest BCUT2D eigenvalue weighted by molar-refractivity contribution is -0.384. The number of aliphatic hydroxyl groups excluding tert-OH is 2. The van der Waals surface area contributed by atoms with E-state index in [0.29, 0.717) is 16.8 Å². The first-order valence-corrected chi connectivity index (χ1v) is 24.2. The summed E-state index contributed by atoms with van der Waals surface area (Å²) in [5, 5.41) is 49.2. The number of hydrogen-bond donors (Lipinski definition) is 8. The third-order valence-electron chi connectivity index (χ3n) is 11.1. The summed E-state index contributed by atoms with van der Waals surface area (Å²) in [5.74, 6) is -0.774. The monoisotopic (exact) mass is 1030 g/mol. The molecular weight excluding hydrogens is 976 g/mol. The number of anilines is 9. The maximum Gasteiger partial charge on any atom is 0.293 e. The van der Waals surface area contributed by atoms with Gasteiger partial charge >= 0.3 is 0 Å². The summed E-state index contributed by atoms with van der Waals surface area (Å²) < 4.78 is 0. The SMILES string of the molecule is CN1CCN(c2ccc(Nc3nc(N)c(C(=O)c4ccc(Cl)c([N+](=O)[O-])c4)s3)cc2)CC1.CN1CCN(c2ccc(Nc3nc(N)c(C(=O)c4ccc(NCCO)c([N+](=O)[O-])c4)s3)cc2)CC1.NCCO. The summed E-state index contributed by atoms with van der Waals surface area (Å²) in [6.45, 7) is 8.51. The Bertz CT molecular complexity index is 2780. The van der Waals surface area contributed by atoms with E-state index in [2.05, 4.69) is 59.6 Å². The molecule has 6 aromatic rings. The number of halogens is 1. The summed E-state index contributed by atoms with van der Waals surface area (Å²) in [5.41, 5.74) is 20.6. The highest BCUT2D eigenvalue weighted by Crippen LogP contribution is 2.35. The van der Waals surface area contributed by atoms with Gasteiger partial charge in [-0.2, -0.15) is 0 Å². The first kappa shape index (κ1) is 53.3. The molecule has 0 unspecified atom stereocenters. The van der Waals surface area contributed by atoms with Gasteiger partial charge in [0.2, 0.25) is 11.6 Å². The third kappa shape index (κ3) is 14.3. The summed E-state index contributed by atoms with van der Waals surface area (Å²) in [7, 11) is 4.24. The van der Waals surface area contributed by atoms with Crippen LogP contribution in [0.5, 0.6) is 0 Å². The number of ketones is 2. The first-order chi connectivity index (χ1) is 34.1. The summed E-state index contributed by atoms with van der Waals surface area (Å²) in [6.07, 6.45) is 0. The third-order valence-corrected chi connectivity index (χ3v) is 13.4. The molecule has 0 amide bonds. The second kappa shape index (κ2) is 25.2. The lowest BCUT2D eigenvalue weighted by Crippen LogP contribution is -2.44. The Morgan fingerprint density at radius 1 is 0.662 bits per heavy atom. The van der Waals surface area contributed by atoms with E-state index in [0.717, 1.165) is 104 Å². The number of thiazole rings is 2. The molecule has 0 bridgehead atoms. The number of carbonyl (C=O) groups excluding carboxylic acids is 2. The zero-order chi connectivity index (χ0) is 51.2. The molecule has 0 spiro atoms. The minimum atomic E-state index is -0.631. The number of aromatic nitrogens is 2. The van der Waals surface area contributed by atoms with Crippen LogP contribution in [0.2, 0.25) is 5.02 Å². The van der Waals surface area contributed by atoms with E-state index in [1.807, 2.05) is 48.5 Å². The van der Waals surface area contributed by atoms with Crippen LogP contribution in [0.3, 0.4) is 0 Å². The number of nitrogens with two attached hydrogens (primary N) is 3. The van der Waals surface area contributed by atoms with Gasteiger partial charge in [-0.1, -0.05) is 34.3 Å². The molecule has 25 heteroatoms. The average Bonchev–Trinajstić information content (AvgIpc) is 3.93. The highest BCUT2D eigenvalue weighted by Gasteiger charge is 2.25. The van der Waals surface area contributed by atoms with Gasteiger partial charge in [-0.05, 0) is 86.9 Å². The standard InChI is InChI=1S/C23H27N7O4S.C21H21ClN6O3S.C2H7NO/c1-28-9-11-29(12-10-28)17-5-3-16(4-6-17)26-23-27-22(24)21(35-23)20(32)15-2-7-18(25-8-13-31)19(14-15)30(33)34;1-26-8-10-27(11-9-26)15-5-3-14(4-6-15)24-21-25-20(23)19(32-21)18(29)13-2-7-16(22)17(12-13)28(30)31;3-1-2-4/h2-7,14,25,31H,8-13,24H2,1H3,(H,26,27);2-7,12H,8-11,23H2,1H3,(H,24,25);4H,1-3H2. The fraction of sp³-hybridized carbons (Fsp3) is 0.304. The molecule has 0 saturated carbocycles. The molecule has 2 aliphatic rings. The number of nitro groups is 2.